The Morgan fingerprint density at radius 1 is 1.24 bits per heavy atom. The highest BCUT2D eigenvalue weighted by atomic mass is 32.2. The van der Waals surface area contributed by atoms with Gasteiger partial charge in [0.1, 0.15) is 5.01 Å². The van der Waals surface area contributed by atoms with Crippen molar-refractivity contribution in [3.8, 4) is 0 Å². The summed E-state index contributed by atoms with van der Waals surface area (Å²) in [7, 11) is 4.10. The molecule has 0 atom stereocenters. The highest BCUT2D eigenvalue weighted by Gasteiger charge is 2.06. The first-order valence-electron chi connectivity index (χ1n) is 9.39. The topological polar surface area (TPSA) is 86.8 Å². The summed E-state index contributed by atoms with van der Waals surface area (Å²) in [6, 6.07) is 3.93. The molecule has 0 saturated carbocycles. The van der Waals surface area contributed by atoms with Crippen LogP contribution in [0.15, 0.2) is 34.7 Å². The zero-order valence-electron chi connectivity index (χ0n) is 16.9. The Morgan fingerprint density at radius 3 is 2.83 bits per heavy atom. The van der Waals surface area contributed by atoms with Crippen molar-refractivity contribution in [1.82, 2.24) is 24.8 Å². The van der Waals surface area contributed by atoms with Gasteiger partial charge in [-0.1, -0.05) is 6.07 Å². The Morgan fingerprint density at radius 2 is 2.10 bits per heavy atom. The van der Waals surface area contributed by atoms with Crippen molar-refractivity contribution in [3.63, 3.8) is 0 Å². The van der Waals surface area contributed by atoms with Crippen LogP contribution < -0.4 is 10.9 Å². The number of nitrogens with one attached hydrogen (secondary N) is 2. The van der Waals surface area contributed by atoms with Gasteiger partial charge in [0.05, 0.1) is 5.69 Å². The third kappa shape index (κ3) is 6.95. The summed E-state index contributed by atoms with van der Waals surface area (Å²) in [5, 5.41) is 6.45. The molecule has 0 spiro atoms. The average molecular weight is 431 g/mol. The van der Waals surface area contributed by atoms with Gasteiger partial charge in [-0.3, -0.25) is 14.8 Å². The number of anilines is 1. The number of aromatic amines is 1. The number of aryl methyl sites for hydroxylation is 1. The molecule has 0 aliphatic rings. The summed E-state index contributed by atoms with van der Waals surface area (Å²) in [4.78, 5) is 30.5. The number of H-pyrrole nitrogens is 1. The van der Waals surface area contributed by atoms with Gasteiger partial charge < -0.3 is 10.2 Å². The SMILES string of the molecule is Cc1ccc(Cc2cnc(NCCSCc3csc(CN(C)C)n3)[nH]c2=O)cn1. The summed E-state index contributed by atoms with van der Waals surface area (Å²) >= 11 is 3.52. The van der Waals surface area contributed by atoms with Crippen molar-refractivity contribution in [3.05, 3.63) is 67.8 Å². The molecule has 0 aromatic carbocycles. The first-order valence-corrected chi connectivity index (χ1v) is 11.4. The number of thioether (sulfide) groups is 1. The number of nitrogens with zero attached hydrogens (tertiary/aromatic N) is 4. The fourth-order valence-corrected chi connectivity index (χ4v) is 4.40. The molecule has 3 aromatic heterocycles. The first kappa shape index (κ1) is 21.5. The smallest absolute Gasteiger partial charge is 0.255 e. The van der Waals surface area contributed by atoms with Gasteiger partial charge in [0.2, 0.25) is 5.95 Å². The molecule has 3 heterocycles. The molecule has 0 unspecified atom stereocenters. The van der Waals surface area contributed by atoms with Crippen LogP contribution in [0.2, 0.25) is 0 Å². The minimum atomic E-state index is -0.119. The molecule has 3 rings (SSSR count). The number of rotatable bonds is 10. The normalized spacial score (nSPS) is 11.2. The van der Waals surface area contributed by atoms with Crippen LogP contribution in [-0.2, 0) is 18.7 Å². The van der Waals surface area contributed by atoms with E-state index in [1.807, 2.05) is 44.9 Å². The van der Waals surface area contributed by atoms with E-state index in [0.29, 0.717) is 17.9 Å². The van der Waals surface area contributed by atoms with E-state index in [1.54, 1.807) is 23.7 Å². The maximum absolute atomic E-state index is 12.3. The van der Waals surface area contributed by atoms with Crippen LogP contribution in [0.1, 0.15) is 27.5 Å². The second-order valence-electron chi connectivity index (χ2n) is 7.02. The zero-order chi connectivity index (χ0) is 20.6. The predicted molar refractivity (Wildman–Crippen MR) is 121 cm³/mol. The third-order valence-corrected chi connectivity index (χ3v) is 5.95. The molecule has 0 bridgehead atoms. The second-order valence-corrected chi connectivity index (χ2v) is 9.07. The fraction of sp³-hybridized carbons (Fsp3) is 0.400. The minimum Gasteiger partial charge on any atom is -0.355 e. The Bertz CT molecular complexity index is 968. The van der Waals surface area contributed by atoms with Gasteiger partial charge in [0, 0.05) is 60.0 Å². The standard InChI is InChI=1S/C20H26N6OS2/c1-14-4-5-15(9-22-14)8-16-10-23-20(25-19(16)27)21-6-7-28-12-17-13-29-18(24-17)11-26(2)3/h4-5,9-10,13H,6-8,11-12H2,1-3H3,(H2,21,23,25,27). The first-order chi connectivity index (χ1) is 14.0. The van der Waals surface area contributed by atoms with Gasteiger partial charge in [0.15, 0.2) is 0 Å². The van der Waals surface area contributed by atoms with E-state index in [9.17, 15) is 4.79 Å². The zero-order valence-corrected chi connectivity index (χ0v) is 18.6. The van der Waals surface area contributed by atoms with Gasteiger partial charge in [0.25, 0.3) is 5.56 Å². The molecule has 0 aliphatic heterocycles. The molecule has 3 aromatic rings. The maximum atomic E-state index is 12.3. The second kappa shape index (κ2) is 10.5. The quantitative estimate of drug-likeness (QED) is 0.478. The summed E-state index contributed by atoms with van der Waals surface area (Å²) < 4.78 is 0. The monoisotopic (exact) mass is 430 g/mol. The van der Waals surface area contributed by atoms with Gasteiger partial charge in [-0.25, -0.2) is 9.97 Å². The molecule has 29 heavy (non-hydrogen) atoms. The number of hydrogen-bond donors (Lipinski definition) is 2. The number of hydrogen-bond acceptors (Lipinski definition) is 8. The van der Waals surface area contributed by atoms with E-state index in [-0.39, 0.29) is 5.56 Å². The summed E-state index contributed by atoms with van der Waals surface area (Å²) in [5.74, 6) is 2.29. The molecular formula is C20H26N6OS2. The van der Waals surface area contributed by atoms with Gasteiger partial charge >= 0.3 is 0 Å². The molecule has 0 amide bonds. The highest BCUT2D eigenvalue weighted by Crippen LogP contribution is 2.16. The Kier molecular flexibility index (Phi) is 7.79. The molecule has 2 N–H and O–H groups in total. The number of thiazole rings is 1. The average Bonchev–Trinajstić information content (AvgIpc) is 3.12. The van der Waals surface area contributed by atoms with Gasteiger partial charge in [-0.15, -0.1) is 11.3 Å². The molecule has 154 valence electrons. The van der Waals surface area contributed by atoms with Crippen molar-refractivity contribution in [2.45, 2.75) is 25.6 Å². The maximum Gasteiger partial charge on any atom is 0.255 e. The fourth-order valence-electron chi connectivity index (χ4n) is 2.64. The van der Waals surface area contributed by atoms with Crippen molar-refractivity contribution in [1.29, 1.82) is 0 Å². The van der Waals surface area contributed by atoms with Crippen LogP contribution in [0, 0.1) is 6.92 Å². The lowest BCUT2D eigenvalue weighted by molar-refractivity contribution is 0.401. The Balaban J connectivity index is 1.41. The van der Waals surface area contributed by atoms with Gasteiger partial charge in [-0.2, -0.15) is 11.8 Å². The number of aromatic nitrogens is 4. The van der Waals surface area contributed by atoms with Crippen LogP contribution in [0.5, 0.6) is 0 Å². The van der Waals surface area contributed by atoms with Gasteiger partial charge in [-0.05, 0) is 32.6 Å². The summed E-state index contributed by atoms with van der Waals surface area (Å²) in [6.45, 7) is 3.55. The van der Waals surface area contributed by atoms with E-state index >= 15 is 0 Å². The van der Waals surface area contributed by atoms with Crippen LogP contribution in [0.25, 0.3) is 0 Å². The van der Waals surface area contributed by atoms with Crippen molar-refractivity contribution in [2.75, 3.05) is 31.7 Å². The van der Waals surface area contributed by atoms with Crippen LogP contribution >= 0.6 is 23.1 Å². The minimum absolute atomic E-state index is 0.119. The highest BCUT2D eigenvalue weighted by molar-refractivity contribution is 7.98. The third-order valence-electron chi connectivity index (χ3n) is 4.08. The lowest BCUT2D eigenvalue weighted by Crippen LogP contribution is -2.18. The molecular weight excluding hydrogens is 404 g/mol. The molecule has 0 radical (unpaired) electrons. The van der Waals surface area contributed by atoms with Crippen LogP contribution in [0.4, 0.5) is 5.95 Å². The van der Waals surface area contributed by atoms with E-state index in [2.05, 4.69) is 35.5 Å². The van der Waals surface area contributed by atoms with Crippen molar-refractivity contribution >= 4 is 29.0 Å². The molecule has 0 fully saturated rings. The summed E-state index contributed by atoms with van der Waals surface area (Å²) in [5.41, 5.74) is 3.59. The van der Waals surface area contributed by atoms with E-state index in [0.717, 1.165) is 46.6 Å². The van der Waals surface area contributed by atoms with E-state index in [1.165, 1.54) is 0 Å². The lowest BCUT2D eigenvalue weighted by atomic mass is 10.1. The predicted octanol–water partition coefficient (Wildman–Crippen LogP) is 2.93. The Labute approximate surface area is 179 Å². The molecule has 0 saturated heterocycles. The largest absolute Gasteiger partial charge is 0.355 e. The van der Waals surface area contributed by atoms with Crippen LogP contribution in [0.3, 0.4) is 0 Å². The molecule has 7 nitrogen and oxygen atoms in total. The summed E-state index contributed by atoms with van der Waals surface area (Å²) in [6.07, 6.45) is 3.95. The lowest BCUT2D eigenvalue weighted by Gasteiger charge is -2.06. The number of pyridine rings is 1. The van der Waals surface area contributed by atoms with Crippen molar-refractivity contribution < 1.29 is 0 Å². The van der Waals surface area contributed by atoms with E-state index in [4.69, 9.17) is 0 Å². The van der Waals surface area contributed by atoms with Crippen molar-refractivity contribution in [2.24, 2.45) is 0 Å². The van der Waals surface area contributed by atoms with E-state index < -0.39 is 0 Å². The van der Waals surface area contributed by atoms with Crippen LogP contribution in [-0.4, -0.2) is 51.2 Å². The molecule has 0 aliphatic carbocycles. The molecule has 9 heteroatoms. The Hall–Kier alpha value is -2.23.